The summed E-state index contributed by atoms with van der Waals surface area (Å²) < 4.78 is 16.6. The Morgan fingerprint density at radius 1 is 0.652 bits per heavy atom. The SMILES string of the molecule is CCCCCCCCCCCCCCCCOP(=O)(O)CCC. The zero-order valence-electron chi connectivity index (χ0n) is 15.7. The highest BCUT2D eigenvalue weighted by atomic mass is 31.2. The van der Waals surface area contributed by atoms with Crippen LogP contribution in [-0.2, 0) is 9.09 Å². The molecule has 140 valence electrons. The fourth-order valence-electron chi connectivity index (χ4n) is 2.85. The van der Waals surface area contributed by atoms with Crippen molar-refractivity contribution in [2.24, 2.45) is 0 Å². The molecule has 4 heteroatoms. The monoisotopic (exact) mass is 348 g/mol. The maximum atomic E-state index is 11.5. The second kappa shape index (κ2) is 17.0. The van der Waals surface area contributed by atoms with Crippen molar-refractivity contribution in [2.45, 2.75) is 110 Å². The van der Waals surface area contributed by atoms with E-state index in [1.54, 1.807) is 0 Å². The van der Waals surface area contributed by atoms with Gasteiger partial charge in [0.25, 0.3) is 0 Å². The third kappa shape index (κ3) is 18.3. The lowest BCUT2D eigenvalue weighted by atomic mass is 10.0. The first kappa shape index (κ1) is 23.1. The molecule has 0 heterocycles. The van der Waals surface area contributed by atoms with Gasteiger partial charge in [0.2, 0.25) is 0 Å². The van der Waals surface area contributed by atoms with Crippen molar-refractivity contribution in [1.82, 2.24) is 0 Å². The predicted octanol–water partition coefficient (Wildman–Crippen LogP) is 7.08. The molecule has 0 aromatic carbocycles. The second-order valence-corrected chi connectivity index (χ2v) is 8.77. The van der Waals surface area contributed by atoms with Gasteiger partial charge in [-0.15, -0.1) is 0 Å². The van der Waals surface area contributed by atoms with Gasteiger partial charge in [-0.1, -0.05) is 97.3 Å². The molecule has 1 unspecified atom stereocenters. The van der Waals surface area contributed by atoms with Crippen molar-refractivity contribution in [1.29, 1.82) is 0 Å². The Bertz CT molecular complexity index is 282. The van der Waals surface area contributed by atoms with Crippen molar-refractivity contribution in [3.05, 3.63) is 0 Å². The van der Waals surface area contributed by atoms with Crippen molar-refractivity contribution < 1.29 is 14.0 Å². The molecule has 3 nitrogen and oxygen atoms in total. The van der Waals surface area contributed by atoms with E-state index < -0.39 is 7.60 Å². The van der Waals surface area contributed by atoms with E-state index in [4.69, 9.17) is 4.52 Å². The smallest absolute Gasteiger partial charge is 0.324 e. The summed E-state index contributed by atoms with van der Waals surface area (Å²) in [6.45, 7) is 4.61. The first-order valence-corrected chi connectivity index (χ1v) is 11.8. The van der Waals surface area contributed by atoms with Crippen molar-refractivity contribution in [3.63, 3.8) is 0 Å². The van der Waals surface area contributed by atoms with E-state index in [1.165, 1.54) is 77.0 Å². The standard InChI is InChI=1S/C19H41O3P/c1-3-5-6-7-8-9-10-11-12-13-14-15-16-17-18-22-23(20,21)19-4-2/h3-19H2,1-2H3,(H,20,21). The highest BCUT2D eigenvalue weighted by Gasteiger charge is 2.16. The Balaban J connectivity index is 3.12. The van der Waals surface area contributed by atoms with Crippen LogP contribution in [0.2, 0.25) is 0 Å². The fourth-order valence-corrected chi connectivity index (χ4v) is 3.96. The Kier molecular flexibility index (Phi) is 17.1. The van der Waals surface area contributed by atoms with Gasteiger partial charge in [-0.3, -0.25) is 4.57 Å². The molecule has 0 aliphatic heterocycles. The number of unbranched alkanes of at least 4 members (excludes halogenated alkanes) is 13. The van der Waals surface area contributed by atoms with Crippen LogP contribution in [-0.4, -0.2) is 17.7 Å². The molecule has 0 spiro atoms. The first-order chi connectivity index (χ1) is 11.1. The molecule has 0 aromatic heterocycles. The van der Waals surface area contributed by atoms with Gasteiger partial charge in [-0.05, 0) is 12.8 Å². The van der Waals surface area contributed by atoms with Gasteiger partial charge in [0.15, 0.2) is 0 Å². The van der Waals surface area contributed by atoms with Crippen LogP contribution in [0, 0.1) is 0 Å². The minimum absolute atomic E-state index is 0.283. The van der Waals surface area contributed by atoms with Crippen LogP contribution in [0.3, 0.4) is 0 Å². The topological polar surface area (TPSA) is 46.5 Å². The Morgan fingerprint density at radius 2 is 1.04 bits per heavy atom. The number of hydrogen-bond acceptors (Lipinski definition) is 2. The van der Waals surface area contributed by atoms with Crippen LogP contribution in [0.1, 0.15) is 110 Å². The molecular weight excluding hydrogens is 307 g/mol. The van der Waals surface area contributed by atoms with Gasteiger partial charge >= 0.3 is 7.60 Å². The highest BCUT2D eigenvalue weighted by Crippen LogP contribution is 2.42. The van der Waals surface area contributed by atoms with E-state index in [9.17, 15) is 9.46 Å². The summed E-state index contributed by atoms with van der Waals surface area (Å²) in [4.78, 5) is 9.45. The molecule has 0 saturated heterocycles. The maximum Gasteiger partial charge on any atom is 0.328 e. The van der Waals surface area contributed by atoms with Gasteiger partial charge in [0.1, 0.15) is 0 Å². The predicted molar refractivity (Wildman–Crippen MR) is 101 cm³/mol. The van der Waals surface area contributed by atoms with Crippen LogP contribution in [0.4, 0.5) is 0 Å². The van der Waals surface area contributed by atoms with E-state index in [1.807, 2.05) is 6.92 Å². The van der Waals surface area contributed by atoms with Crippen LogP contribution in [0.25, 0.3) is 0 Å². The summed E-state index contributed by atoms with van der Waals surface area (Å²) in [6.07, 6.45) is 19.5. The summed E-state index contributed by atoms with van der Waals surface area (Å²) in [7, 11) is -3.28. The number of rotatable bonds is 18. The molecule has 0 saturated carbocycles. The van der Waals surface area contributed by atoms with Crippen LogP contribution in [0.15, 0.2) is 0 Å². The average molecular weight is 349 g/mol. The van der Waals surface area contributed by atoms with Crippen molar-refractivity contribution >= 4 is 7.60 Å². The van der Waals surface area contributed by atoms with Crippen LogP contribution in [0.5, 0.6) is 0 Å². The zero-order valence-corrected chi connectivity index (χ0v) is 16.6. The molecule has 0 bridgehead atoms. The van der Waals surface area contributed by atoms with Gasteiger partial charge in [-0.25, -0.2) is 0 Å². The van der Waals surface area contributed by atoms with E-state index in [2.05, 4.69) is 6.92 Å². The molecule has 0 amide bonds. The lowest BCUT2D eigenvalue weighted by Crippen LogP contribution is -1.96. The summed E-state index contributed by atoms with van der Waals surface area (Å²) in [5.74, 6) is 0. The van der Waals surface area contributed by atoms with Gasteiger partial charge < -0.3 is 9.42 Å². The molecule has 1 N–H and O–H groups in total. The molecule has 0 fully saturated rings. The average Bonchev–Trinajstić information content (AvgIpc) is 2.51. The normalized spacial score (nSPS) is 14.0. The third-order valence-electron chi connectivity index (χ3n) is 4.30. The lowest BCUT2D eigenvalue weighted by molar-refractivity contribution is 0.252. The van der Waals surface area contributed by atoms with E-state index in [-0.39, 0.29) is 6.16 Å². The Morgan fingerprint density at radius 3 is 1.43 bits per heavy atom. The zero-order chi connectivity index (χ0) is 17.2. The summed E-state index contributed by atoms with van der Waals surface area (Å²) in [6, 6.07) is 0. The summed E-state index contributed by atoms with van der Waals surface area (Å²) in [5, 5.41) is 0. The molecular formula is C19H41O3P. The van der Waals surface area contributed by atoms with E-state index in [0.29, 0.717) is 13.0 Å². The van der Waals surface area contributed by atoms with Gasteiger partial charge in [0, 0.05) is 6.16 Å². The molecule has 0 rings (SSSR count). The molecule has 0 radical (unpaired) electrons. The Labute approximate surface area is 145 Å². The first-order valence-electron chi connectivity index (χ1n) is 10.1. The second-order valence-electron chi connectivity index (χ2n) is 6.79. The maximum absolute atomic E-state index is 11.5. The fraction of sp³-hybridized carbons (Fsp3) is 1.00. The minimum Gasteiger partial charge on any atom is -0.324 e. The largest absolute Gasteiger partial charge is 0.328 e. The molecule has 0 aliphatic carbocycles. The number of hydrogen-bond donors (Lipinski definition) is 1. The van der Waals surface area contributed by atoms with Crippen LogP contribution < -0.4 is 0 Å². The van der Waals surface area contributed by atoms with Gasteiger partial charge in [0.05, 0.1) is 6.61 Å². The van der Waals surface area contributed by atoms with E-state index in [0.717, 1.165) is 12.8 Å². The minimum atomic E-state index is -3.28. The summed E-state index contributed by atoms with van der Waals surface area (Å²) >= 11 is 0. The highest BCUT2D eigenvalue weighted by molar-refractivity contribution is 7.52. The van der Waals surface area contributed by atoms with Crippen molar-refractivity contribution in [3.8, 4) is 0 Å². The molecule has 0 aromatic rings. The molecule has 23 heavy (non-hydrogen) atoms. The summed E-state index contributed by atoms with van der Waals surface area (Å²) in [5.41, 5.74) is 0. The molecule has 1 atom stereocenters. The quantitative estimate of drug-likeness (QED) is 0.213. The van der Waals surface area contributed by atoms with E-state index >= 15 is 0 Å². The Hall–Kier alpha value is 0.150. The lowest BCUT2D eigenvalue weighted by Gasteiger charge is -2.10. The van der Waals surface area contributed by atoms with Crippen molar-refractivity contribution in [2.75, 3.05) is 12.8 Å². The van der Waals surface area contributed by atoms with Crippen LogP contribution >= 0.6 is 7.60 Å². The van der Waals surface area contributed by atoms with Gasteiger partial charge in [-0.2, -0.15) is 0 Å². The molecule has 0 aliphatic rings. The third-order valence-corrected chi connectivity index (χ3v) is 5.90.